The third-order valence-electron chi connectivity index (χ3n) is 5.22. The first-order chi connectivity index (χ1) is 16.9. The number of nitrogens with zero attached hydrogens (tertiary/aromatic N) is 1. The molecule has 2 N–H and O–H groups in total. The van der Waals surface area contributed by atoms with Gasteiger partial charge in [0.05, 0.1) is 0 Å². The van der Waals surface area contributed by atoms with E-state index in [-0.39, 0.29) is 23.7 Å². The number of thioether (sulfide) groups is 1. The van der Waals surface area contributed by atoms with Gasteiger partial charge in [0.25, 0.3) is 5.91 Å². The molecular formula is C27H27FN2O4S. The molecule has 3 aromatic rings. The number of hydrogen-bond donors (Lipinski definition) is 2. The number of imide groups is 1. The Balaban J connectivity index is 1.70. The molecular weight excluding hydrogens is 467 g/mol. The molecule has 0 unspecified atom stereocenters. The van der Waals surface area contributed by atoms with Gasteiger partial charge in [-0.1, -0.05) is 61.5 Å². The SMILES string of the molecule is CCCN(C(=O)N[C@@H](CSCc1ccccc1)C(=O)O)C(=O)c1cccc(-c2ccc(F)cc2)c1. The fourth-order valence-electron chi connectivity index (χ4n) is 3.42. The predicted octanol–water partition coefficient (Wildman–Crippen LogP) is 5.44. The zero-order valence-electron chi connectivity index (χ0n) is 19.3. The van der Waals surface area contributed by atoms with Crippen LogP contribution in [0.1, 0.15) is 29.3 Å². The number of amides is 3. The highest BCUT2D eigenvalue weighted by Gasteiger charge is 2.27. The van der Waals surface area contributed by atoms with Gasteiger partial charge in [0.15, 0.2) is 0 Å². The Kier molecular flexibility index (Phi) is 9.43. The summed E-state index contributed by atoms with van der Waals surface area (Å²) in [4.78, 5) is 39.0. The molecule has 0 aliphatic heterocycles. The largest absolute Gasteiger partial charge is 0.480 e. The monoisotopic (exact) mass is 494 g/mol. The number of nitrogens with one attached hydrogen (secondary N) is 1. The van der Waals surface area contributed by atoms with E-state index in [0.29, 0.717) is 17.7 Å². The number of carboxylic acid groups (broad SMARTS) is 1. The number of urea groups is 1. The number of carbonyl (C=O) groups excluding carboxylic acids is 2. The van der Waals surface area contributed by atoms with E-state index >= 15 is 0 Å². The van der Waals surface area contributed by atoms with Crippen molar-refractivity contribution in [2.45, 2.75) is 25.1 Å². The number of carboxylic acids is 1. The van der Waals surface area contributed by atoms with E-state index < -0.39 is 23.9 Å². The standard InChI is InChI=1S/C27H27FN2O4S/c1-2-15-30(25(31)22-10-6-9-21(16-22)20-11-13-23(28)14-12-20)27(34)29-24(26(32)33)18-35-17-19-7-4-3-5-8-19/h3-14,16,24H,2,15,17-18H2,1H3,(H,29,34)(H,32,33)/t24-/m0/s1. The minimum atomic E-state index is -1.17. The van der Waals surface area contributed by atoms with Gasteiger partial charge < -0.3 is 10.4 Å². The number of halogens is 1. The van der Waals surface area contributed by atoms with Gasteiger partial charge >= 0.3 is 12.0 Å². The molecule has 6 nitrogen and oxygen atoms in total. The Morgan fingerprint density at radius 2 is 1.69 bits per heavy atom. The summed E-state index contributed by atoms with van der Waals surface area (Å²) >= 11 is 1.39. The Morgan fingerprint density at radius 1 is 0.971 bits per heavy atom. The van der Waals surface area contributed by atoms with E-state index in [0.717, 1.165) is 16.0 Å². The quantitative estimate of drug-likeness (QED) is 0.392. The fraction of sp³-hybridized carbons (Fsp3) is 0.222. The molecule has 8 heteroatoms. The van der Waals surface area contributed by atoms with Gasteiger partial charge in [0.2, 0.25) is 0 Å². The Bertz CT molecular complexity index is 1160. The summed E-state index contributed by atoms with van der Waals surface area (Å²) in [6.07, 6.45) is 0.511. The van der Waals surface area contributed by atoms with E-state index in [1.807, 2.05) is 37.3 Å². The van der Waals surface area contributed by atoms with Crippen LogP contribution in [0.25, 0.3) is 11.1 Å². The first kappa shape index (κ1) is 26.0. The molecule has 0 saturated carbocycles. The van der Waals surface area contributed by atoms with Crippen LogP contribution >= 0.6 is 11.8 Å². The Morgan fingerprint density at radius 3 is 2.34 bits per heavy atom. The molecule has 0 spiro atoms. The van der Waals surface area contributed by atoms with Crippen molar-refractivity contribution in [2.75, 3.05) is 12.3 Å². The second-order valence-electron chi connectivity index (χ2n) is 7.89. The molecule has 0 saturated heterocycles. The molecule has 0 heterocycles. The minimum absolute atomic E-state index is 0.134. The van der Waals surface area contributed by atoms with Crippen LogP contribution in [0.4, 0.5) is 9.18 Å². The highest BCUT2D eigenvalue weighted by Crippen LogP contribution is 2.22. The van der Waals surface area contributed by atoms with Gasteiger partial charge in [-0.25, -0.2) is 14.0 Å². The van der Waals surface area contributed by atoms with Crippen molar-refractivity contribution < 1.29 is 23.9 Å². The lowest BCUT2D eigenvalue weighted by Gasteiger charge is -2.23. The lowest BCUT2D eigenvalue weighted by atomic mass is 10.0. The fourth-order valence-corrected chi connectivity index (χ4v) is 4.43. The second-order valence-corrected chi connectivity index (χ2v) is 8.92. The predicted molar refractivity (Wildman–Crippen MR) is 136 cm³/mol. The van der Waals surface area contributed by atoms with Crippen molar-refractivity contribution >= 4 is 29.7 Å². The van der Waals surface area contributed by atoms with Crippen molar-refractivity contribution in [1.82, 2.24) is 10.2 Å². The second kappa shape index (κ2) is 12.7. The number of carbonyl (C=O) groups is 3. The van der Waals surface area contributed by atoms with Gasteiger partial charge in [0.1, 0.15) is 11.9 Å². The van der Waals surface area contributed by atoms with Gasteiger partial charge in [0, 0.05) is 23.6 Å². The molecule has 0 aromatic heterocycles. The molecule has 3 rings (SSSR count). The van der Waals surface area contributed by atoms with Crippen molar-refractivity contribution in [2.24, 2.45) is 0 Å². The van der Waals surface area contributed by atoms with Crippen LogP contribution in [-0.2, 0) is 10.5 Å². The van der Waals surface area contributed by atoms with Crippen molar-refractivity contribution in [3.8, 4) is 11.1 Å². The highest BCUT2D eigenvalue weighted by molar-refractivity contribution is 7.98. The maximum atomic E-state index is 13.3. The summed E-state index contributed by atoms with van der Waals surface area (Å²) in [7, 11) is 0. The zero-order chi connectivity index (χ0) is 25.2. The average molecular weight is 495 g/mol. The van der Waals surface area contributed by atoms with Crippen LogP contribution in [0.3, 0.4) is 0 Å². The van der Waals surface area contributed by atoms with Crippen LogP contribution in [0.2, 0.25) is 0 Å². The van der Waals surface area contributed by atoms with E-state index in [9.17, 15) is 23.9 Å². The number of aliphatic carboxylic acids is 1. The number of benzene rings is 3. The third kappa shape index (κ3) is 7.42. The van der Waals surface area contributed by atoms with Gasteiger partial charge in [-0.3, -0.25) is 9.69 Å². The maximum absolute atomic E-state index is 13.3. The lowest BCUT2D eigenvalue weighted by molar-refractivity contribution is -0.138. The molecule has 0 aliphatic rings. The summed E-state index contributed by atoms with van der Waals surface area (Å²) in [6.45, 7) is 1.96. The Labute approximate surface area is 208 Å². The topological polar surface area (TPSA) is 86.7 Å². The average Bonchev–Trinajstić information content (AvgIpc) is 2.87. The highest BCUT2D eigenvalue weighted by atomic mass is 32.2. The van der Waals surface area contributed by atoms with Crippen LogP contribution in [0.5, 0.6) is 0 Å². The first-order valence-electron chi connectivity index (χ1n) is 11.2. The molecule has 0 bridgehead atoms. The summed E-state index contributed by atoms with van der Waals surface area (Å²) in [6, 6.07) is 20.3. The lowest BCUT2D eigenvalue weighted by Crippen LogP contribution is -2.51. The van der Waals surface area contributed by atoms with E-state index in [1.54, 1.807) is 36.4 Å². The summed E-state index contributed by atoms with van der Waals surface area (Å²) in [5, 5.41) is 12.1. The zero-order valence-corrected chi connectivity index (χ0v) is 20.1. The normalized spacial score (nSPS) is 11.5. The third-order valence-corrected chi connectivity index (χ3v) is 6.32. The van der Waals surface area contributed by atoms with Gasteiger partial charge in [-0.15, -0.1) is 0 Å². The van der Waals surface area contributed by atoms with E-state index in [2.05, 4.69) is 5.32 Å². The molecule has 3 amide bonds. The summed E-state index contributed by atoms with van der Waals surface area (Å²) in [5.41, 5.74) is 2.76. The molecule has 182 valence electrons. The molecule has 1 atom stereocenters. The first-order valence-corrected chi connectivity index (χ1v) is 12.4. The van der Waals surface area contributed by atoms with Crippen molar-refractivity contribution in [1.29, 1.82) is 0 Å². The molecule has 3 aromatic carbocycles. The summed E-state index contributed by atoms with van der Waals surface area (Å²) in [5.74, 6) is -1.30. The molecule has 0 aliphatic carbocycles. The molecule has 0 radical (unpaired) electrons. The van der Waals surface area contributed by atoms with Crippen LogP contribution in [-0.4, -0.2) is 46.3 Å². The molecule has 35 heavy (non-hydrogen) atoms. The minimum Gasteiger partial charge on any atom is -0.480 e. The van der Waals surface area contributed by atoms with Gasteiger partial charge in [-0.05, 0) is 47.4 Å². The van der Waals surface area contributed by atoms with Crippen LogP contribution in [0.15, 0.2) is 78.9 Å². The molecule has 0 fully saturated rings. The van der Waals surface area contributed by atoms with Crippen molar-refractivity contribution in [3.05, 3.63) is 95.8 Å². The van der Waals surface area contributed by atoms with E-state index in [1.165, 1.54) is 23.9 Å². The summed E-state index contributed by atoms with van der Waals surface area (Å²) < 4.78 is 13.3. The van der Waals surface area contributed by atoms with Crippen LogP contribution < -0.4 is 5.32 Å². The smallest absolute Gasteiger partial charge is 0.327 e. The number of hydrogen-bond acceptors (Lipinski definition) is 4. The Hall–Kier alpha value is -3.65. The maximum Gasteiger partial charge on any atom is 0.327 e. The van der Waals surface area contributed by atoms with E-state index in [4.69, 9.17) is 0 Å². The van der Waals surface area contributed by atoms with Gasteiger partial charge in [-0.2, -0.15) is 11.8 Å². The van der Waals surface area contributed by atoms with Crippen molar-refractivity contribution in [3.63, 3.8) is 0 Å². The van der Waals surface area contributed by atoms with Crippen LogP contribution in [0, 0.1) is 5.82 Å². The number of rotatable bonds is 10.